The van der Waals surface area contributed by atoms with Crippen LogP contribution in [0.25, 0.3) is 21.7 Å². The molecule has 0 spiro atoms. The second-order valence-electron chi connectivity index (χ2n) is 7.26. The lowest BCUT2D eigenvalue weighted by Crippen LogP contribution is -2.24. The Kier molecular flexibility index (Phi) is 5.08. The summed E-state index contributed by atoms with van der Waals surface area (Å²) in [6.07, 6.45) is 0. The van der Waals surface area contributed by atoms with E-state index >= 15 is 0 Å². The maximum absolute atomic E-state index is 13.5. The van der Waals surface area contributed by atoms with Gasteiger partial charge in [-0.1, -0.05) is 96.7 Å². The minimum Gasteiger partial charge on any atom is -0.283 e. The highest BCUT2D eigenvalue weighted by molar-refractivity contribution is 7.98. The second kappa shape index (κ2) is 8.17. The standard InChI is InChI=1S/C26H20N2OS/c29-25-23-15-21-13-7-8-14-22(21)16-24(23)27-26(30-18-20-11-5-2-6-12-20)28(25)17-19-9-3-1-4-10-19/h1-16H,17-18H2. The van der Waals surface area contributed by atoms with Crippen molar-refractivity contribution in [3.63, 3.8) is 0 Å². The predicted molar refractivity (Wildman–Crippen MR) is 125 cm³/mol. The Hall–Kier alpha value is -3.37. The molecule has 1 heterocycles. The first-order valence-electron chi connectivity index (χ1n) is 9.92. The molecule has 3 nitrogen and oxygen atoms in total. The molecule has 4 heteroatoms. The van der Waals surface area contributed by atoms with E-state index in [1.165, 1.54) is 5.56 Å². The average molecular weight is 409 g/mol. The summed E-state index contributed by atoms with van der Waals surface area (Å²) in [7, 11) is 0. The molecule has 0 fully saturated rings. The van der Waals surface area contributed by atoms with Crippen LogP contribution in [0.5, 0.6) is 0 Å². The largest absolute Gasteiger partial charge is 0.283 e. The summed E-state index contributed by atoms with van der Waals surface area (Å²) in [5.74, 6) is 0.765. The van der Waals surface area contributed by atoms with Crippen LogP contribution in [0.3, 0.4) is 0 Å². The van der Waals surface area contributed by atoms with Crippen LogP contribution in [0.15, 0.2) is 107 Å². The third-order valence-electron chi connectivity index (χ3n) is 5.18. The lowest BCUT2D eigenvalue weighted by molar-refractivity contribution is 0.658. The van der Waals surface area contributed by atoms with E-state index in [1.807, 2.05) is 78.9 Å². The third kappa shape index (κ3) is 3.74. The summed E-state index contributed by atoms with van der Waals surface area (Å²) in [6.45, 7) is 0.507. The van der Waals surface area contributed by atoms with E-state index in [0.29, 0.717) is 11.9 Å². The van der Waals surface area contributed by atoms with Gasteiger partial charge in [0.2, 0.25) is 0 Å². The highest BCUT2D eigenvalue weighted by Crippen LogP contribution is 2.25. The molecule has 0 aliphatic rings. The van der Waals surface area contributed by atoms with Crippen LogP contribution in [-0.2, 0) is 12.3 Å². The van der Waals surface area contributed by atoms with Crippen LogP contribution in [-0.4, -0.2) is 9.55 Å². The first-order valence-corrected chi connectivity index (χ1v) is 10.9. The van der Waals surface area contributed by atoms with Gasteiger partial charge in [-0.25, -0.2) is 4.98 Å². The van der Waals surface area contributed by atoms with E-state index in [9.17, 15) is 4.79 Å². The molecular formula is C26H20N2OS. The number of nitrogens with zero attached hydrogens (tertiary/aromatic N) is 2. The lowest BCUT2D eigenvalue weighted by atomic mass is 10.1. The number of hydrogen-bond acceptors (Lipinski definition) is 3. The molecule has 0 atom stereocenters. The van der Waals surface area contributed by atoms with E-state index in [-0.39, 0.29) is 5.56 Å². The maximum Gasteiger partial charge on any atom is 0.262 e. The van der Waals surface area contributed by atoms with E-state index in [0.717, 1.165) is 32.8 Å². The molecule has 0 bridgehead atoms. The highest BCUT2D eigenvalue weighted by Gasteiger charge is 2.13. The predicted octanol–water partition coefficient (Wildman–Crippen LogP) is 5.89. The summed E-state index contributed by atoms with van der Waals surface area (Å²) in [5, 5.41) is 3.56. The van der Waals surface area contributed by atoms with Crippen molar-refractivity contribution in [3.05, 3.63) is 119 Å². The monoisotopic (exact) mass is 408 g/mol. The quantitative estimate of drug-likeness (QED) is 0.207. The van der Waals surface area contributed by atoms with Crippen LogP contribution >= 0.6 is 11.8 Å². The molecule has 0 amide bonds. The van der Waals surface area contributed by atoms with Crippen molar-refractivity contribution in [2.24, 2.45) is 0 Å². The summed E-state index contributed by atoms with van der Waals surface area (Å²) < 4.78 is 1.81. The number of thioether (sulfide) groups is 1. The fourth-order valence-corrected chi connectivity index (χ4v) is 4.58. The zero-order valence-electron chi connectivity index (χ0n) is 16.4. The molecule has 0 saturated carbocycles. The minimum absolute atomic E-state index is 0.00479. The highest BCUT2D eigenvalue weighted by atomic mass is 32.2. The molecule has 146 valence electrons. The summed E-state index contributed by atoms with van der Waals surface area (Å²) >= 11 is 1.61. The Morgan fingerprint density at radius 2 is 1.33 bits per heavy atom. The molecule has 0 aliphatic heterocycles. The summed E-state index contributed by atoms with van der Waals surface area (Å²) in [6, 6.07) is 32.4. The van der Waals surface area contributed by atoms with Gasteiger partial charge in [0.15, 0.2) is 5.16 Å². The van der Waals surface area contributed by atoms with E-state index in [1.54, 1.807) is 16.3 Å². The SMILES string of the molecule is O=c1c2cc3ccccc3cc2nc(SCc2ccccc2)n1Cc1ccccc1. The Balaban J connectivity index is 1.65. The Bertz CT molecular complexity index is 1380. The van der Waals surface area contributed by atoms with Gasteiger partial charge < -0.3 is 0 Å². The molecule has 0 unspecified atom stereocenters. The molecule has 4 aromatic carbocycles. The van der Waals surface area contributed by atoms with Crippen LogP contribution in [0.4, 0.5) is 0 Å². The van der Waals surface area contributed by atoms with Crippen molar-refractivity contribution in [2.45, 2.75) is 17.5 Å². The molecule has 0 aliphatic carbocycles. The molecule has 30 heavy (non-hydrogen) atoms. The molecule has 0 saturated heterocycles. The van der Waals surface area contributed by atoms with Gasteiger partial charge in [0.1, 0.15) is 0 Å². The molecule has 1 aromatic heterocycles. The van der Waals surface area contributed by atoms with Gasteiger partial charge in [0.05, 0.1) is 17.4 Å². The van der Waals surface area contributed by atoms with Crippen LogP contribution in [0.1, 0.15) is 11.1 Å². The minimum atomic E-state index is 0.00479. The van der Waals surface area contributed by atoms with E-state index in [4.69, 9.17) is 4.98 Å². The number of benzene rings is 4. The molecule has 0 N–H and O–H groups in total. The van der Waals surface area contributed by atoms with Crippen LogP contribution in [0.2, 0.25) is 0 Å². The number of rotatable bonds is 5. The van der Waals surface area contributed by atoms with Crippen LogP contribution < -0.4 is 5.56 Å². The number of aromatic nitrogens is 2. The van der Waals surface area contributed by atoms with Crippen molar-refractivity contribution < 1.29 is 0 Å². The first kappa shape index (κ1) is 18.6. The normalized spacial score (nSPS) is 11.2. The van der Waals surface area contributed by atoms with Gasteiger partial charge in [-0.2, -0.15) is 0 Å². The van der Waals surface area contributed by atoms with Crippen LogP contribution in [0, 0.1) is 0 Å². The van der Waals surface area contributed by atoms with Gasteiger partial charge in [-0.3, -0.25) is 9.36 Å². The topological polar surface area (TPSA) is 34.9 Å². The van der Waals surface area contributed by atoms with Crippen molar-refractivity contribution in [1.82, 2.24) is 9.55 Å². The molecule has 5 rings (SSSR count). The second-order valence-corrected chi connectivity index (χ2v) is 8.20. The average Bonchev–Trinajstić information content (AvgIpc) is 2.80. The Morgan fingerprint density at radius 3 is 2.03 bits per heavy atom. The van der Waals surface area contributed by atoms with Crippen molar-refractivity contribution in [1.29, 1.82) is 0 Å². The number of hydrogen-bond donors (Lipinski definition) is 0. The fourth-order valence-electron chi connectivity index (χ4n) is 3.63. The van der Waals surface area contributed by atoms with Gasteiger partial charge >= 0.3 is 0 Å². The molecule has 0 radical (unpaired) electrons. The number of fused-ring (bicyclic) bond motifs is 2. The van der Waals surface area contributed by atoms with E-state index < -0.39 is 0 Å². The van der Waals surface area contributed by atoms with Crippen molar-refractivity contribution in [3.8, 4) is 0 Å². The lowest BCUT2D eigenvalue weighted by Gasteiger charge is -2.14. The maximum atomic E-state index is 13.5. The molecule has 5 aromatic rings. The zero-order valence-corrected chi connectivity index (χ0v) is 17.2. The zero-order chi connectivity index (χ0) is 20.3. The fraction of sp³-hybridized carbons (Fsp3) is 0.0769. The van der Waals surface area contributed by atoms with Gasteiger partial charge in [0.25, 0.3) is 5.56 Å². The summed E-state index contributed by atoms with van der Waals surface area (Å²) in [5.41, 5.74) is 3.05. The first-order chi connectivity index (χ1) is 14.8. The smallest absolute Gasteiger partial charge is 0.262 e. The summed E-state index contributed by atoms with van der Waals surface area (Å²) in [4.78, 5) is 18.4. The molecular weight excluding hydrogens is 388 g/mol. The third-order valence-corrected chi connectivity index (χ3v) is 6.23. The Labute approximate surface area is 179 Å². The van der Waals surface area contributed by atoms with Gasteiger partial charge in [-0.05, 0) is 34.0 Å². The Morgan fingerprint density at radius 1 is 0.733 bits per heavy atom. The van der Waals surface area contributed by atoms with Crippen molar-refractivity contribution in [2.75, 3.05) is 0 Å². The van der Waals surface area contributed by atoms with Gasteiger partial charge in [0, 0.05) is 5.75 Å². The van der Waals surface area contributed by atoms with Gasteiger partial charge in [-0.15, -0.1) is 0 Å². The van der Waals surface area contributed by atoms with E-state index in [2.05, 4.69) is 18.2 Å². The van der Waals surface area contributed by atoms with Crippen molar-refractivity contribution >= 4 is 33.4 Å².